The quantitative estimate of drug-likeness (QED) is 0.812. The molecule has 2 aromatic rings. The van der Waals surface area contributed by atoms with E-state index < -0.39 is 10.0 Å². The molecule has 0 saturated heterocycles. The van der Waals surface area contributed by atoms with Crippen molar-refractivity contribution in [3.63, 3.8) is 0 Å². The molecule has 0 spiro atoms. The Hall–Kier alpha value is -2.34. The molecule has 0 aliphatic heterocycles. The standard InChI is InChI=1S/C21H26N2O3S/c1-15-7-11-18(12-8-15)22-21(24)17-9-13-19(14-10-17)27(25,26)23-20-6-4-3-5-16(20)2/h3-6,9-10,13-15,18,23H,7-8,11-12H2,1-2H3,(H,22,24). The number of carbonyl (C=O) groups excluding carboxylic acids is 1. The second kappa shape index (κ2) is 8.13. The Morgan fingerprint density at radius 2 is 1.59 bits per heavy atom. The molecule has 27 heavy (non-hydrogen) atoms. The van der Waals surface area contributed by atoms with Gasteiger partial charge in [0.15, 0.2) is 0 Å². The van der Waals surface area contributed by atoms with E-state index in [1.54, 1.807) is 24.3 Å². The summed E-state index contributed by atoms with van der Waals surface area (Å²) in [5.74, 6) is 0.578. The average Bonchev–Trinajstić information content (AvgIpc) is 2.65. The summed E-state index contributed by atoms with van der Waals surface area (Å²) >= 11 is 0. The average molecular weight is 387 g/mol. The number of sulfonamides is 1. The Morgan fingerprint density at radius 3 is 2.22 bits per heavy atom. The molecule has 6 heteroatoms. The molecule has 1 fully saturated rings. The van der Waals surface area contributed by atoms with Crippen LogP contribution in [0.2, 0.25) is 0 Å². The number of aryl methyl sites for hydroxylation is 1. The SMILES string of the molecule is Cc1ccccc1NS(=O)(=O)c1ccc(C(=O)NC2CCC(C)CC2)cc1. The number of rotatable bonds is 5. The number of carbonyl (C=O) groups is 1. The van der Waals surface area contributed by atoms with Crippen molar-refractivity contribution in [2.75, 3.05) is 4.72 Å². The molecule has 1 saturated carbocycles. The lowest BCUT2D eigenvalue weighted by Gasteiger charge is -2.26. The molecule has 2 N–H and O–H groups in total. The molecule has 144 valence electrons. The second-order valence-electron chi connectivity index (χ2n) is 7.38. The first-order valence-electron chi connectivity index (χ1n) is 9.34. The molecule has 0 heterocycles. The van der Waals surface area contributed by atoms with Crippen LogP contribution in [0.15, 0.2) is 53.4 Å². The van der Waals surface area contributed by atoms with Gasteiger partial charge in [0.1, 0.15) is 0 Å². The van der Waals surface area contributed by atoms with Gasteiger partial charge in [-0.15, -0.1) is 0 Å². The van der Waals surface area contributed by atoms with Gasteiger partial charge in [-0.25, -0.2) is 8.42 Å². The largest absolute Gasteiger partial charge is 0.349 e. The molecule has 1 amide bonds. The van der Waals surface area contributed by atoms with Crippen LogP contribution in [0.25, 0.3) is 0 Å². The third-order valence-corrected chi connectivity index (χ3v) is 6.55. The number of hydrogen-bond acceptors (Lipinski definition) is 3. The van der Waals surface area contributed by atoms with Crippen molar-refractivity contribution in [2.45, 2.75) is 50.5 Å². The summed E-state index contributed by atoms with van der Waals surface area (Å²) in [6.07, 6.45) is 4.26. The summed E-state index contributed by atoms with van der Waals surface area (Å²) in [6, 6.07) is 13.5. The van der Waals surface area contributed by atoms with E-state index in [1.165, 1.54) is 12.1 Å². The first-order chi connectivity index (χ1) is 12.8. The monoisotopic (exact) mass is 386 g/mol. The summed E-state index contributed by atoms with van der Waals surface area (Å²) in [5.41, 5.74) is 1.87. The minimum absolute atomic E-state index is 0.133. The van der Waals surface area contributed by atoms with E-state index in [2.05, 4.69) is 17.0 Å². The summed E-state index contributed by atoms with van der Waals surface area (Å²) < 4.78 is 27.7. The normalized spacial score (nSPS) is 20.1. The van der Waals surface area contributed by atoms with Crippen LogP contribution in [0.5, 0.6) is 0 Å². The number of nitrogens with one attached hydrogen (secondary N) is 2. The molecule has 3 rings (SSSR count). The molecular weight excluding hydrogens is 360 g/mol. The highest BCUT2D eigenvalue weighted by molar-refractivity contribution is 7.92. The first-order valence-corrected chi connectivity index (χ1v) is 10.8. The van der Waals surface area contributed by atoms with Gasteiger partial charge in [-0.3, -0.25) is 9.52 Å². The molecule has 1 aliphatic rings. The van der Waals surface area contributed by atoms with Crippen molar-refractivity contribution in [3.8, 4) is 0 Å². The Morgan fingerprint density at radius 1 is 0.963 bits per heavy atom. The maximum absolute atomic E-state index is 12.6. The van der Waals surface area contributed by atoms with Crippen molar-refractivity contribution in [1.29, 1.82) is 0 Å². The van der Waals surface area contributed by atoms with E-state index in [9.17, 15) is 13.2 Å². The molecule has 0 atom stereocenters. The van der Waals surface area contributed by atoms with Gasteiger partial charge in [0.25, 0.3) is 15.9 Å². The van der Waals surface area contributed by atoms with Gasteiger partial charge in [0, 0.05) is 11.6 Å². The molecule has 0 unspecified atom stereocenters. The van der Waals surface area contributed by atoms with Crippen LogP contribution in [0.3, 0.4) is 0 Å². The maximum atomic E-state index is 12.6. The van der Waals surface area contributed by atoms with Crippen LogP contribution in [0, 0.1) is 12.8 Å². The second-order valence-corrected chi connectivity index (χ2v) is 9.06. The van der Waals surface area contributed by atoms with Gasteiger partial charge in [-0.2, -0.15) is 0 Å². The Kier molecular flexibility index (Phi) is 5.85. The van der Waals surface area contributed by atoms with Gasteiger partial charge >= 0.3 is 0 Å². The highest BCUT2D eigenvalue weighted by atomic mass is 32.2. The minimum Gasteiger partial charge on any atom is -0.349 e. The molecule has 0 radical (unpaired) electrons. The van der Waals surface area contributed by atoms with E-state index >= 15 is 0 Å². The Labute approximate surface area is 161 Å². The predicted octanol–water partition coefficient (Wildman–Crippen LogP) is 4.10. The van der Waals surface area contributed by atoms with Crippen LogP contribution < -0.4 is 10.0 Å². The van der Waals surface area contributed by atoms with Gasteiger partial charge in [-0.05, 0) is 74.4 Å². The fraction of sp³-hybridized carbons (Fsp3) is 0.381. The smallest absolute Gasteiger partial charge is 0.261 e. The van der Waals surface area contributed by atoms with Gasteiger partial charge in [0.05, 0.1) is 10.6 Å². The van der Waals surface area contributed by atoms with Crippen LogP contribution in [-0.2, 0) is 10.0 Å². The highest BCUT2D eigenvalue weighted by Gasteiger charge is 2.21. The number of para-hydroxylation sites is 1. The molecule has 5 nitrogen and oxygen atoms in total. The number of benzene rings is 2. The Bertz CT molecular complexity index is 899. The van der Waals surface area contributed by atoms with E-state index in [0.29, 0.717) is 11.3 Å². The minimum atomic E-state index is -3.69. The van der Waals surface area contributed by atoms with E-state index in [1.807, 2.05) is 19.1 Å². The predicted molar refractivity (Wildman–Crippen MR) is 107 cm³/mol. The topological polar surface area (TPSA) is 75.3 Å². The summed E-state index contributed by atoms with van der Waals surface area (Å²) in [4.78, 5) is 12.5. The fourth-order valence-corrected chi connectivity index (χ4v) is 4.48. The zero-order valence-electron chi connectivity index (χ0n) is 15.7. The number of anilines is 1. The summed E-state index contributed by atoms with van der Waals surface area (Å²) in [7, 11) is -3.69. The zero-order valence-corrected chi connectivity index (χ0v) is 16.6. The Balaban J connectivity index is 1.67. The highest BCUT2D eigenvalue weighted by Crippen LogP contribution is 2.24. The fourth-order valence-electron chi connectivity index (χ4n) is 3.35. The van der Waals surface area contributed by atoms with Crippen LogP contribution in [0.4, 0.5) is 5.69 Å². The summed E-state index contributed by atoms with van der Waals surface area (Å²) in [5, 5.41) is 3.06. The molecular formula is C21H26N2O3S. The molecule has 0 aromatic heterocycles. The van der Waals surface area contributed by atoms with Crippen molar-refractivity contribution in [3.05, 3.63) is 59.7 Å². The third kappa shape index (κ3) is 4.89. The maximum Gasteiger partial charge on any atom is 0.261 e. The van der Waals surface area contributed by atoms with Crippen molar-refractivity contribution >= 4 is 21.6 Å². The zero-order chi connectivity index (χ0) is 19.4. The van der Waals surface area contributed by atoms with Crippen molar-refractivity contribution in [2.24, 2.45) is 5.92 Å². The molecule has 1 aliphatic carbocycles. The molecule has 0 bridgehead atoms. The summed E-state index contributed by atoms with van der Waals surface area (Å²) in [6.45, 7) is 4.08. The van der Waals surface area contributed by atoms with Crippen LogP contribution in [-0.4, -0.2) is 20.4 Å². The molecule has 2 aromatic carbocycles. The van der Waals surface area contributed by atoms with Crippen LogP contribution >= 0.6 is 0 Å². The van der Waals surface area contributed by atoms with E-state index in [0.717, 1.165) is 37.2 Å². The van der Waals surface area contributed by atoms with Gasteiger partial charge < -0.3 is 5.32 Å². The van der Waals surface area contributed by atoms with Crippen molar-refractivity contribution < 1.29 is 13.2 Å². The van der Waals surface area contributed by atoms with E-state index in [-0.39, 0.29) is 16.8 Å². The lowest BCUT2D eigenvalue weighted by atomic mass is 9.87. The lowest BCUT2D eigenvalue weighted by Crippen LogP contribution is -2.37. The third-order valence-electron chi connectivity index (χ3n) is 5.17. The first kappa shape index (κ1) is 19.4. The number of amides is 1. The van der Waals surface area contributed by atoms with Crippen molar-refractivity contribution in [1.82, 2.24) is 5.32 Å². The van der Waals surface area contributed by atoms with Crippen LogP contribution in [0.1, 0.15) is 48.5 Å². The van der Waals surface area contributed by atoms with Gasteiger partial charge in [0.2, 0.25) is 0 Å². The van der Waals surface area contributed by atoms with E-state index in [4.69, 9.17) is 0 Å². The number of hydrogen-bond donors (Lipinski definition) is 2. The van der Waals surface area contributed by atoms with Gasteiger partial charge in [-0.1, -0.05) is 25.1 Å². The lowest BCUT2D eigenvalue weighted by molar-refractivity contribution is 0.0923.